The molecule has 0 radical (unpaired) electrons. The Morgan fingerprint density at radius 2 is 1.33 bits per heavy atom. The number of aliphatic hydroxyl groups is 2. The van der Waals surface area contributed by atoms with E-state index in [2.05, 4.69) is 66.0 Å². The van der Waals surface area contributed by atoms with Crippen LogP contribution < -0.4 is 0 Å². The minimum absolute atomic E-state index is 0.153. The van der Waals surface area contributed by atoms with Crippen molar-refractivity contribution in [2.24, 2.45) is 11.8 Å². The second kappa shape index (κ2) is 13.9. The Morgan fingerprint density at radius 3 is 1.88 bits per heavy atom. The van der Waals surface area contributed by atoms with E-state index in [4.69, 9.17) is 5.11 Å². The van der Waals surface area contributed by atoms with E-state index in [1.807, 2.05) is 13.8 Å². The molecular weight excluding hydrogens is 404 g/mol. The van der Waals surface area contributed by atoms with Crippen LogP contribution in [0.2, 0.25) is 0 Å². The topological polar surface area (TPSA) is 40.5 Å². The first-order valence-corrected chi connectivity index (χ1v) is 12.8. The van der Waals surface area contributed by atoms with Crippen molar-refractivity contribution in [3.8, 4) is 0 Å². The molecule has 1 aliphatic rings. The van der Waals surface area contributed by atoms with Crippen molar-refractivity contribution in [3.05, 3.63) is 70.4 Å². The zero-order valence-corrected chi connectivity index (χ0v) is 22.6. The Labute approximate surface area is 204 Å². The van der Waals surface area contributed by atoms with Gasteiger partial charge in [-0.3, -0.25) is 0 Å². The van der Waals surface area contributed by atoms with Gasteiger partial charge in [-0.2, -0.15) is 0 Å². The third-order valence-electron chi connectivity index (χ3n) is 7.57. The van der Waals surface area contributed by atoms with Gasteiger partial charge in [-0.15, -0.1) is 0 Å². The van der Waals surface area contributed by atoms with Crippen molar-refractivity contribution < 1.29 is 10.2 Å². The van der Waals surface area contributed by atoms with Crippen LogP contribution in [0.25, 0.3) is 0 Å². The van der Waals surface area contributed by atoms with Gasteiger partial charge in [0.05, 0.1) is 12.2 Å². The molecule has 3 unspecified atom stereocenters. The average Bonchev–Trinajstić information content (AvgIpc) is 2.76. The van der Waals surface area contributed by atoms with Crippen LogP contribution in [-0.4, -0.2) is 22.4 Å². The molecule has 0 amide bonds. The van der Waals surface area contributed by atoms with E-state index in [1.54, 1.807) is 0 Å². The van der Waals surface area contributed by atoms with Crippen LogP contribution in [-0.2, 0) is 0 Å². The standard InChI is InChI=1S/C31H50O2/c1-22(15-11-16-24(3)21-32)13-10-14-23(2)17-12-19-31(9,33)20-18-30-28(7)26(5)25(4)27(6)29(30)8/h13,16-17,25,27,32-33H,5,8,10-12,14-15,18-21H2,1-4,6-7,9H3/b22-13+,23-17+,24-16+. The SMILES string of the molecule is C=C1C(C)=C(CCC(C)(O)CC/C=C(\C)CC/C=C(\C)CC/C=C(\C)CO)C(=C)C(C)C1C. The Morgan fingerprint density at radius 1 is 0.848 bits per heavy atom. The maximum absolute atomic E-state index is 11.0. The third-order valence-corrected chi connectivity index (χ3v) is 7.57. The van der Waals surface area contributed by atoms with Gasteiger partial charge in [0, 0.05) is 0 Å². The number of hydrogen-bond acceptors (Lipinski definition) is 2. The first-order chi connectivity index (χ1) is 15.4. The van der Waals surface area contributed by atoms with Crippen LogP contribution >= 0.6 is 0 Å². The lowest BCUT2D eigenvalue weighted by Gasteiger charge is -2.35. The van der Waals surface area contributed by atoms with Gasteiger partial charge in [0.2, 0.25) is 0 Å². The Bertz CT molecular complexity index is 801. The van der Waals surface area contributed by atoms with E-state index in [0.717, 1.165) is 56.9 Å². The van der Waals surface area contributed by atoms with Crippen molar-refractivity contribution in [1.29, 1.82) is 0 Å². The van der Waals surface area contributed by atoms with E-state index >= 15 is 0 Å². The van der Waals surface area contributed by atoms with Crippen LogP contribution in [0.5, 0.6) is 0 Å². The quantitative estimate of drug-likeness (QED) is 0.274. The molecule has 0 heterocycles. The van der Waals surface area contributed by atoms with E-state index in [9.17, 15) is 5.11 Å². The van der Waals surface area contributed by atoms with Crippen molar-refractivity contribution >= 4 is 0 Å². The molecule has 0 spiro atoms. The predicted octanol–water partition coefficient (Wildman–Crippen LogP) is 8.40. The van der Waals surface area contributed by atoms with Gasteiger partial charge in [-0.1, -0.05) is 62.0 Å². The summed E-state index contributed by atoms with van der Waals surface area (Å²) < 4.78 is 0. The molecule has 186 valence electrons. The molecule has 0 aromatic heterocycles. The molecule has 3 atom stereocenters. The van der Waals surface area contributed by atoms with E-state index in [0.29, 0.717) is 11.8 Å². The van der Waals surface area contributed by atoms with Gasteiger partial charge in [0.25, 0.3) is 0 Å². The highest BCUT2D eigenvalue weighted by Crippen LogP contribution is 2.42. The number of rotatable bonds is 13. The largest absolute Gasteiger partial charge is 0.392 e. The summed E-state index contributed by atoms with van der Waals surface area (Å²) in [7, 11) is 0. The molecule has 2 heteroatoms. The van der Waals surface area contributed by atoms with E-state index in [-0.39, 0.29) is 6.61 Å². The van der Waals surface area contributed by atoms with E-state index < -0.39 is 5.60 Å². The predicted molar refractivity (Wildman–Crippen MR) is 145 cm³/mol. The number of aliphatic hydroxyl groups excluding tert-OH is 1. The molecule has 0 fully saturated rings. The maximum Gasteiger partial charge on any atom is 0.0639 e. The summed E-state index contributed by atoms with van der Waals surface area (Å²) in [6.07, 6.45) is 14.2. The summed E-state index contributed by atoms with van der Waals surface area (Å²) >= 11 is 0. The van der Waals surface area contributed by atoms with Crippen LogP contribution in [0.15, 0.2) is 70.4 Å². The minimum Gasteiger partial charge on any atom is -0.392 e. The zero-order chi connectivity index (χ0) is 25.2. The normalized spacial score (nSPS) is 22.8. The molecule has 0 saturated carbocycles. The highest BCUT2D eigenvalue weighted by atomic mass is 16.3. The molecule has 0 saturated heterocycles. The number of hydrogen-bond donors (Lipinski definition) is 2. The van der Waals surface area contributed by atoms with Gasteiger partial charge in [0.1, 0.15) is 0 Å². The Balaban J connectivity index is 2.47. The summed E-state index contributed by atoms with van der Waals surface area (Å²) in [5.74, 6) is 0.867. The van der Waals surface area contributed by atoms with Crippen LogP contribution in [0, 0.1) is 11.8 Å². The molecule has 2 N–H and O–H groups in total. The highest BCUT2D eigenvalue weighted by Gasteiger charge is 2.29. The zero-order valence-electron chi connectivity index (χ0n) is 22.6. The van der Waals surface area contributed by atoms with Gasteiger partial charge in [-0.25, -0.2) is 0 Å². The molecule has 0 aromatic carbocycles. The fraction of sp³-hybridized carbons (Fsp3) is 0.613. The second-order valence-electron chi connectivity index (χ2n) is 10.7. The van der Waals surface area contributed by atoms with Gasteiger partial charge in [-0.05, 0) is 120 Å². The fourth-order valence-corrected chi connectivity index (χ4v) is 4.51. The molecule has 1 aliphatic carbocycles. The van der Waals surface area contributed by atoms with Gasteiger partial charge in [0.15, 0.2) is 0 Å². The summed E-state index contributed by atoms with van der Waals surface area (Å²) in [6.45, 7) is 23.8. The summed E-state index contributed by atoms with van der Waals surface area (Å²) in [6, 6.07) is 0. The van der Waals surface area contributed by atoms with Crippen molar-refractivity contribution in [2.45, 2.75) is 105 Å². The maximum atomic E-state index is 11.0. The molecule has 0 bridgehead atoms. The van der Waals surface area contributed by atoms with Crippen LogP contribution in [0.3, 0.4) is 0 Å². The number of allylic oxidation sites excluding steroid dienone is 9. The molecule has 2 nitrogen and oxygen atoms in total. The minimum atomic E-state index is -0.672. The van der Waals surface area contributed by atoms with Crippen molar-refractivity contribution in [3.63, 3.8) is 0 Å². The summed E-state index contributed by atoms with van der Waals surface area (Å²) in [5.41, 5.74) is 8.21. The van der Waals surface area contributed by atoms with Gasteiger partial charge >= 0.3 is 0 Å². The Hall–Kier alpha value is -1.64. The third kappa shape index (κ3) is 10.0. The summed E-state index contributed by atoms with van der Waals surface area (Å²) in [4.78, 5) is 0. The lowest BCUT2D eigenvalue weighted by atomic mass is 9.71. The summed E-state index contributed by atoms with van der Waals surface area (Å²) in [5, 5.41) is 20.0. The van der Waals surface area contributed by atoms with Gasteiger partial charge < -0.3 is 10.2 Å². The lowest BCUT2D eigenvalue weighted by molar-refractivity contribution is 0.0432. The monoisotopic (exact) mass is 454 g/mol. The second-order valence-corrected chi connectivity index (χ2v) is 10.7. The first-order valence-electron chi connectivity index (χ1n) is 12.8. The molecule has 33 heavy (non-hydrogen) atoms. The van der Waals surface area contributed by atoms with Crippen LogP contribution in [0.4, 0.5) is 0 Å². The first kappa shape index (κ1) is 29.4. The lowest BCUT2D eigenvalue weighted by Crippen LogP contribution is -2.26. The molecule has 1 rings (SSSR count). The molecule has 0 aromatic rings. The highest BCUT2D eigenvalue weighted by molar-refractivity contribution is 5.48. The molecule has 0 aliphatic heterocycles. The van der Waals surface area contributed by atoms with Crippen LogP contribution in [0.1, 0.15) is 99.8 Å². The fourth-order valence-electron chi connectivity index (χ4n) is 4.51. The average molecular weight is 455 g/mol. The smallest absolute Gasteiger partial charge is 0.0639 e. The van der Waals surface area contributed by atoms with Crippen molar-refractivity contribution in [1.82, 2.24) is 0 Å². The Kier molecular flexibility index (Phi) is 12.4. The molecular formula is C31H50O2. The van der Waals surface area contributed by atoms with Crippen molar-refractivity contribution in [2.75, 3.05) is 6.61 Å². The van der Waals surface area contributed by atoms with E-state index in [1.165, 1.54) is 33.4 Å².